The van der Waals surface area contributed by atoms with Gasteiger partial charge in [-0.05, 0) is 24.3 Å². The second-order valence-corrected chi connectivity index (χ2v) is 6.21. The number of nitrogens with zero attached hydrogens (tertiary/aromatic N) is 2. The number of halogens is 4. The van der Waals surface area contributed by atoms with Crippen LogP contribution >= 0.6 is 11.8 Å². The van der Waals surface area contributed by atoms with Crippen LogP contribution in [0.3, 0.4) is 0 Å². The second-order valence-electron chi connectivity index (χ2n) is 5.13. The highest BCUT2D eigenvalue weighted by molar-refractivity contribution is 7.99. The molecule has 0 fully saturated rings. The molecule has 0 radical (unpaired) electrons. The van der Waals surface area contributed by atoms with E-state index in [0.717, 1.165) is 17.0 Å². The van der Waals surface area contributed by atoms with Gasteiger partial charge in [0.15, 0.2) is 6.29 Å². The zero-order chi connectivity index (χ0) is 18.2. The summed E-state index contributed by atoms with van der Waals surface area (Å²) in [7, 11) is 0. The van der Waals surface area contributed by atoms with Gasteiger partial charge in [0.05, 0.1) is 16.1 Å². The van der Waals surface area contributed by atoms with Crippen molar-refractivity contribution < 1.29 is 17.6 Å². The fraction of sp³-hybridized carbons (Fsp3) is 0.133. The Bertz CT molecular complexity index is 810. The van der Waals surface area contributed by atoms with Crippen molar-refractivity contribution in [2.75, 3.05) is 4.90 Å². The lowest BCUT2D eigenvalue weighted by Gasteiger charge is -2.24. The van der Waals surface area contributed by atoms with Crippen LogP contribution < -0.4 is 21.8 Å². The number of nitrogens with two attached hydrogens (primary N) is 2. The summed E-state index contributed by atoms with van der Waals surface area (Å²) in [5, 5.41) is 3.62. The van der Waals surface area contributed by atoms with Gasteiger partial charge in [0.25, 0.3) is 0 Å². The summed E-state index contributed by atoms with van der Waals surface area (Å²) in [6.45, 7) is 0. The van der Waals surface area contributed by atoms with Crippen molar-refractivity contribution in [3.05, 3.63) is 53.8 Å². The first-order chi connectivity index (χ1) is 11.8. The quantitative estimate of drug-likeness (QED) is 0.723. The van der Waals surface area contributed by atoms with Gasteiger partial charge in [-0.3, -0.25) is 16.1 Å². The highest BCUT2D eigenvalue weighted by Gasteiger charge is 2.37. The molecule has 3 rings (SSSR count). The summed E-state index contributed by atoms with van der Waals surface area (Å²) in [6.07, 6.45) is -5.73. The van der Waals surface area contributed by atoms with Gasteiger partial charge in [-0.2, -0.15) is 13.2 Å². The van der Waals surface area contributed by atoms with Crippen LogP contribution in [0, 0.1) is 5.82 Å². The van der Waals surface area contributed by atoms with E-state index in [2.05, 4.69) is 10.5 Å². The fourth-order valence-corrected chi connectivity index (χ4v) is 3.29. The Morgan fingerprint density at radius 1 is 1.16 bits per heavy atom. The predicted octanol–water partition coefficient (Wildman–Crippen LogP) is 2.88. The molecule has 1 aliphatic heterocycles. The average molecular weight is 371 g/mol. The Morgan fingerprint density at radius 2 is 1.84 bits per heavy atom. The summed E-state index contributed by atoms with van der Waals surface area (Å²) >= 11 is 0.699. The lowest BCUT2D eigenvalue weighted by atomic mass is 10.1. The van der Waals surface area contributed by atoms with Crippen molar-refractivity contribution in [3.8, 4) is 0 Å². The molecule has 0 aromatic heterocycles. The molecular formula is C15H13F4N5S. The fourth-order valence-electron chi connectivity index (χ4n) is 2.32. The second kappa shape index (κ2) is 6.45. The molecule has 1 atom stereocenters. The molecular weight excluding hydrogens is 358 g/mol. The maximum Gasteiger partial charge on any atom is 0.417 e. The van der Waals surface area contributed by atoms with Gasteiger partial charge >= 0.3 is 6.18 Å². The Balaban J connectivity index is 2.08. The molecule has 1 aliphatic rings. The molecule has 0 saturated carbocycles. The number of anilines is 1. The summed E-state index contributed by atoms with van der Waals surface area (Å²) in [4.78, 5) is 1.05. The number of hydrazone groups is 1. The normalized spacial score (nSPS) is 17.4. The van der Waals surface area contributed by atoms with E-state index in [1.54, 1.807) is 30.3 Å². The number of rotatable bonds is 3. The lowest BCUT2D eigenvalue weighted by molar-refractivity contribution is -0.140. The maximum atomic E-state index is 14.5. The van der Waals surface area contributed by atoms with Crippen molar-refractivity contribution in [2.24, 2.45) is 16.6 Å². The average Bonchev–Trinajstić information content (AvgIpc) is 2.88. The smallest absolute Gasteiger partial charge is 0.368 e. The van der Waals surface area contributed by atoms with E-state index in [0.29, 0.717) is 16.7 Å². The van der Waals surface area contributed by atoms with Gasteiger partial charge in [0.2, 0.25) is 5.96 Å². The van der Waals surface area contributed by atoms with E-state index < -0.39 is 28.7 Å². The van der Waals surface area contributed by atoms with Gasteiger partial charge in [-0.1, -0.05) is 30.0 Å². The van der Waals surface area contributed by atoms with Crippen LogP contribution in [-0.2, 0) is 6.18 Å². The molecule has 2 aromatic rings. The van der Waals surface area contributed by atoms with Gasteiger partial charge in [-0.25, -0.2) is 4.39 Å². The van der Waals surface area contributed by atoms with Crippen molar-refractivity contribution in [1.82, 2.24) is 5.43 Å². The van der Waals surface area contributed by atoms with Crippen LogP contribution in [0.1, 0.15) is 5.56 Å². The first-order valence-corrected chi connectivity index (χ1v) is 7.86. The minimum atomic E-state index is -4.75. The van der Waals surface area contributed by atoms with Crippen molar-refractivity contribution in [3.63, 3.8) is 0 Å². The molecule has 5 N–H and O–H groups in total. The lowest BCUT2D eigenvalue weighted by Crippen LogP contribution is -2.49. The van der Waals surface area contributed by atoms with Crippen LogP contribution in [0.5, 0.6) is 0 Å². The van der Waals surface area contributed by atoms with E-state index in [1.807, 2.05) is 0 Å². The molecule has 1 heterocycles. The van der Waals surface area contributed by atoms with Gasteiger partial charge in [0, 0.05) is 4.90 Å². The number of guanidine groups is 1. The topological polar surface area (TPSA) is 79.7 Å². The Labute approximate surface area is 144 Å². The van der Waals surface area contributed by atoms with Gasteiger partial charge < -0.3 is 5.73 Å². The molecule has 0 amide bonds. The zero-order valence-electron chi connectivity index (χ0n) is 12.6. The number of hydrogen-bond donors (Lipinski definition) is 3. The molecule has 132 valence electrons. The Hall–Kier alpha value is -2.46. The van der Waals surface area contributed by atoms with E-state index in [-0.39, 0.29) is 11.6 Å². The first kappa shape index (κ1) is 17.4. The highest BCUT2D eigenvalue weighted by atomic mass is 32.2. The standard InChI is InChI=1S/C15H13F4N5S/c16-11-7-8(24-13(20)22-23-14(24)21)6-10(15(17,18)19)12(11)25-9-4-2-1-3-5-9/h1-7,13,22H,20H2,(H2,21,23). The Kier molecular flexibility index (Phi) is 4.48. The SMILES string of the molecule is NC1=NNC(N)N1c1cc(F)c(Sc2ccccc2)c(C(F)(F)F)c1. The van der Waals surface area contributed by atoms with Crippen LogP contribution in [0.25, 0.3) is 0 Å². The third kappa shape index (κ3) is 3.49. The maximum absolute atomic E-state index is 14.5. The summed E-state index contributed by atoms with van der Waals surface area (Å²) in [5.74, 6) is -1.17. The number of benzene rings is 2. The van der Waals surface area contributed by atoms with Crippen molar-refractivity contribution >= 4 is 23.4 Å². The zero-order valence-corrected chi connectivity index (χ0v) is 13.4. The van der Waals surface area contributed by atoms with E-state index in [4.69, 9.17) is 11.5 Å². The predicted molar refractivity (Wildman–Crippen MR) is 87.2 cm³/mol. The van der Waals surface area contributed by atoms with E-state index >= 15 is 0 Å². The van der Waals surface area contributed by atoms with Crippen LogP contribution in [0.2, 0.25) is 0 Å². The number of alkyl halides is 3. The number of hydrogen-bond acceptors (Lipinski definition) is 6. The molecule has 0 bridgehead atoms. The molecule has 2 aromatic carbocycles. The largest absolute Gasteiger partial charge is 0.417 e. The van der Waals surface area contributed by atoms with E-state index in [1.165, 1.54) is 0 Å². The van der Waals surface area contributed by atoms with Crippen LogP contribution in [-0.4, -0.2) is 12.2 Å². The molecule has 10 heteroatoms. The molecule has 0 saturated heterocycles. The minimum Gasteiger partial charge on any atom is -0.368 e. The summed E-state index contributed by atoms with van der Waals surface area (Å²) < 4.78 is 55.0. The summed E-state index contributed by atoms with van der Waals surface area (Å²) in [6, 6.07) is 10.0. The third-order valence-corrected chi connectivity index (χ3v) is 4.54. The third-order valence-electron chi connectivity index (χ3n) is 3.41. The van der Waals surface area contributed by atoms with E-state index in [9.17, 15) is 17.6 Å². The molecule has 5 nitrogen and oxygen atoms in total. The Morgan fingerprint density at radius 3 is 2.40 bits per heavy atom. The van der Waals surface area contributed by atoms with Crippen LogP contribution in [0.4, 0.5) is 23.2 Å². The molecule has 25 heavy (non-hydrogen) atoms. The first-order valence-electron chi connectivity index (χ1n) is 7.04. The number of nitrogens with one attached hydrogen (secondary N) is 1. The van der Waals surface area contributed by atoms with Crippen molar-refractivity contribution in [1.29, 1.82) is 0 Å². The summed E-state index contributed by atoms with van der Waals surface area (Å²) in [5.41, 5.74) is 12.4. The monoisotopic (exact) mass is 371 g/mol. The van der Waals surface area contributed by atoms with Crippen LogP contribution in [0.15, 0.2) is 57.4 Å². The van der Waals surface area contributed by atoms with Gasteiger partial charge in [-0.15, -0.1) is 5.10 Å². The highest BCUT2D eigenvalue weighted by Crippen LogP contribution is 2.43. The molecule has 0 spiro atoms. The molecule has 1 unspecified atom stereocenters. The molecule has 0 aliphatic carbocycles. The van der Waals surface area contributed by atoms with Crippen molar-refractivity contribution in [2.45, 2.75) is 22.3 Å². The minimum absolute atomic E-state index is 0.138. The van der Waals surface area contributed by atoms with Gasteiger partial charge in [0.1, 0.15) is 5.82 Å².